The van der Waals surface area contributed by atoms with Crippen molar-refractivity contribution in [3.05, 3.63) is 30.1 Å². The Morgan fingerprint density at radius 1 is 1.20 bits per heavy atom. The maximum atomic E-state index is 5.28. The number of nitrogens with zero attached hydrogens (tertiary/aromatic N) is 1. The Kier molecular flexibility index (Phi) is 3.60. The van der Waals surface area contributed by atoms with Gasteiger partial charge in [0.1, 0.15) is 17.3 Å². The summed E-state index contributed by atoms with van der Waals surface area (Å²) < 4.78 is 10.6. The molecule has 1 aliphatic rings. The van der Waals surface area contributed by atoms with Crippen LogP contribution in [0.2, 0.25) is 0 Å². The molecule has 106 valence electrons. The van der Waals surface area contributed by atoms with Crippen LogP contribution >= 0.6 is 0 Å². The van der Waals surface area contributed by atoms with Crippen molar-refractivity contribution in [2.75, 3.05) is 14.2 Å². The van der Waals surface area contributed by atoms with Crippen LogP contribution in [0, 0.1) is 0 Å². The van der Waals surface area contributed by atoms with Gasteiger partial charge in [0.2, 0.25) is 0 Å². The number of benzene rings is 1. The second kappa shape index (κ2) is 5.54. The number of nitrogens with one attached hydrogen (secondary N) is 2. The first-order valence-electron chi connectivity index (χ1n) is 6.79. The molecule has 5 heteroatoms. The number of hydrogen-bond donors (Lipinski definition) is 2. The van der Waals surface area contributed by atoms with Crippen molar-refractivity contribution in [2.45, 2.75) is 25.4 Å². The summed E-state index contributed by atoms with van der Waals surface area (Å²) in [5.41, 5.74) is 2.05. The Labute approximate surface area is 118 Å². The summed E-state index contributed by atoms with van der Waals surface area (Å²) in [7, 11) is 3.29. The summed E-state index contributed by atoms with van der Waals surface area (Å²) in [5.74, 6) is 2.34. The molecule has 1 fully saturated rings. The van der Waals surface area contributed by atoms with Crippen molar-refractivity contribution in [2.24, 2.45) is 0 Å². The van der Waals surface area contributed by atoms with E-state index in [9.17, 15) is 0 Å². The van der Waals surface area contributed by atoms with Gasteiger partial charge in [0, 0.05) is 36.1 Å². The summed E-state index contributed by atoms with van der Waals surface area (Å²) in [4.78, 5) is 7.76. The summed E-state index contributed by atoms with van der Waals surface area (Å²) in [6.07, 6.45) is 4.44. The van der Waals surface area contributed by atoms with E-state index in [1.807, 2.05) is 24.4 Å². The number of methoxy groups -OCH3 is 2. The number of H-pyrrole nitrogens is 1. The lowest BCUT2D eigenvalue weighted by Crippen LogP contribution is -2.15. The quantitative estimate of drug-likeness (QED) is 0.848. The molecule has 1 aromatic carbocycles. The molecule has 1 aromatic heterocycles. The Morgan fingerprint density at radius 3 is 2.50 bits per heavy atom. The third-order valence-corrected chi connectivity index (χ3v) is 3.41. The first-order valence-corrected chi connectivity index (χ1v) is 6.79. The molecule has 0 atom stereocenters. The van der Waals surface area contributed by atoms with Crippen molar-refractivity contribution in [1.82, 2.24) is 15.3 Å². The fourth-order valence-corrected chi connectivity index (χ4v) is 2.08. The fraction of sp³-hybridized carbons (Fsp3) is 0.400. The summed E-state index contributed by atoms with van der Waals surface area (Å²) in [6.45, 7) is 0.832. The highest BCUT2D eigenvalue weighted by Gasteiger charge is 2.20. The molecule has 0 radical (unpaired) electrons. The molecule has 2 N–H and O–H groups in total. The monoisotopic (exact) mass is 273 g/mol. The van der Waals surface area contributed by atoms with Crippen LogP contribution in [0.15, 0.2) is 24.4 Å². The van der Waals surface area contributed by atoms with E-state index >= 15 is 0 Å². The van der Waals surface area contributed by atoms with Crippen LogP contribution in [-0.4, -0.2) is 30.2 Å². The zero-order valence-corrected chi connectivity index (χ0v) is 11.8. The van der Waals surface area contributed by atoms with Crippen LogP contribution in [0.4, 0.5) is 0 Å². The van der Waals surface area contributed by atoms with Crippen LogP contribution in [0.1, 0.15) is 18.5 Å². The van der Waals surface area contributed by atoms with Crippen LogP contribution in [0.25, 0.3) is 11.4 Å². The number of ether oxygens (including phenoxy) is 2. The van der Waals surface area contributed by atoms with Gasteiger partial charge in [-0.05, 0) is 25.0 Å². The normalized spacial score (nSPS) is 14.3. The Bertz CT molecular complexity index is 568. The van der Waals surface area contributed by atoms with Gasteiger partial charge >= 0.3 is 0 Å². The third kappa shape index (κ3) is 2.93. The second-order valence-corrected chi connectivity index (χ2v) is 5.01. The SMILES string of the molecule is COc1cc(OC)cc(-c2ncc(CNC3CC3)[nH]2)c1. The Morgan fingerprint density at radius 2 is 1.90 bits per heavy atom. The van der Waals surface area contributed by atoms with Crippen molar-refractivity contribution in [3.63, 3.8) is 0 Å². The van der Waals surface area contributed by atoms with Gasteiger partial charge in [-0.2, -0.15) is 0 Å². The van der Waals surface area contributed by atoms with Gasteiger partial charge < -0.3 is 19.8 Å². The van der Waals surface area contributed by atoms with Crippen LogP contribution in [-0.2, 0) is 6.54 Å². The second-order valence-electron chi connectivity index (χ2n) is 5.01. The molecule has 0 aliphatic heterocycles. The fourth-order valence-electron chi connectivity index (χ4n) is 2.08. The predicted molar refractivity (Wildman–Crippen MR) is 77.0 cm³/mol. The van der Waals surface area contributed by atoms with Crippen LogP contribution in [0.3, 0.4) is 0 Å². The van der Waals surface area contributed by atoms with Crippen molar-refractivity contribution in [1.29, 1.82) is 0 Å². The van der Waals surface area contributed by atoms with Crippen LogP contribution in [0.5, 0.6) is 11.5 Å². The molecular formula is C15H19N3O2. The minimum absolute atomic E-state index is 0.693. The molecule has 3 rings (SSSR count). The van der Waals surface area contributed by atoms with Crippen LogP contribution < -0.4 is 14.8 Å². The molecule has 0 saturated heterocycles. The molecular weight excluding hydrogens is 254 g/mol. The minimum atomic E-state index is 0.693. The summed E-state index contributed by atoms with van der Waals surface area (Å²) >= 11 is 0. The van der Waals surface area contributed by atoms with Crippen molar-refractivity contribution >= 4 is 0 Å². The molecule has 20 heavy (non-hydrogen) atoms. The first kappa shape index (κ1) is 13.0. The van der Waals surface area contributed by atoms with E-state index in [1.165, 1.54) is 12.8 Å². The van der Waals surface area contributed by atoms with E-state index in [4.69, 9.17) is 9.47 Å². The van der Waals surface area contributed by atoms with E-state index in [0.717, 1.165) is 35.1 Å². The van der Waals surface area contributed by atoms with Gasteiger partial charge in [0.15, 0.2) is 0 Å². The molecule has 1 heterocycles. The predicted octanol–water partition coefficient (Wildman–Crippen LogP) is 2.35. The molecule has 0 amide bonds. The van der Waals surface area contributed by atoms with E-state index in [2.05, 4.69) is 15.3 Å². The van der Waals surface area contributed by atoms with Gasteiger partial charge in [-0.3, -0.25) is 0 Å². The Hall–Kier alpha value is -2.01. The van der Waals surface area contributed by atoms with Crippen molar-refractivity contribution < 1.29 is 9.47 Å². The molecule has 0 spiro atoms. The molecule has 1 saturated carbocycles. The van der Waals surface area contributed by atoms with Gasteiger partial charge in [0.25, 0.3) is 0 Å². The van der Waals surface area contributed by atoms with Gasteiger partial charge in [-0.1, -0.05) is 0 Å². The number of hydrogen-bond acceptors (Lipinski definition) is 4. The molecule has 0 bridgehead atoms. The summed E-state index contributed by atoms with van der Waals surface area (Å²) in [6, 6.07) is 6.43. The Balaban J connectivity index is 1.80. The molecule has 1 aliphatic carbocycles. The number of aromatic amines is 1. The average molecular weight is 273 g/mol. The smallest absolute Gasteiger partial charge is 0.137 e. The van der Waals surface area contributed by atoms with Gasteiger partial charge in [-0.15, -0.1) is 0 Å². The zero-order chi connectivity index (χ0) is 13.9. The highest BCUT2D eigenvalue weighted by molar-refractivity contribution is 5.61. The maximum Gasteiger partial charge on any atom is 0.137 e. The standard InChI is InChI=1S/C15H19N3O2/c1-19-13-5-10(6-14(7-13)20-2)15-17-9-12(18-15)8-16-11-3-4-11/h5-7,9,11,16H,3-4,8H2,1-2H3,(H,17,18). The summed E-state index contributed by atoms with van der Waals surface area (Å²) in [5, 5.41) is 3.46. The minimum Gasteiger partial charge on any atom is -0.497 e. The maximum absolute atomic E-state index is 5.28. The van der Waals surface area contributed by atoms with E-state index < -0.39 is 0 Å². The lowest BCUT2D eigenvalue weighted by atomic mass is 10.2. The van der Waals surface area contributed by atoms with E-state index in [1.54, 1.807) is 14.2 Å². The largest absolute Gasteiger partial charge is 0.497 e. The molecule has 2 aromatic rings. The zero-order valence-electron chi connectivity index (χ0n) is 11.8. The van der Waals surface area contributed by atoms with Gasteiger partial charge in [-0.25, -0.2) is 4.98 Å². The molecule has 0 unspecified atom stereocenters. The lowest BCUT2D eigenvalue weighted by molar-refractivity contribution is 0.394. The first-order chi connectivity index (χ1) is 9.78. The average Bonchev–Trinajstić information content (AvgIpc) is 3.20. The van der Waals surface area contributed by atoms with E-state index in [0.29, 0.717) is 6.04 Å². The lowest BCUT2D eigenvalue weighted by Gasteiger charge is -2.06. The van der Waals surface area contributed by atoms with Crippen molar-refractivity contribution in [3.8, 4) is 22.9 Å². The highest BCUT2D eigenvalue weighted by Crippen LogP contribution is 2.28. The molecule has 5 nitrogen and oxygen atoms in total. The topological polar surface area (TPSA) is 59.2 Å². The number of aromatic nitrogens is 2. The third-order valence-electron chi connectivity index (χ3n) is 3.41. The number of imidazole rings is 1. The van der Waals surface area contributed by atoms with Gasteiger partial charge in [0.05, 0.1) is 14.2 Å². The van der Waals surface area contributed by atoms with E-state index in [-0.39, 0.29) is 0 Å². The number of rotatable bonds is 6. The highest BCUT2D eigenvalue weighted by atomic mass is 16.5.